The van der Waals surface area contributed by atoms with Gasteiger partial charge in [0.2, 0.25) is 0 Å². The molecule has 0 aliphatic heterocycles. The molecule has 16 heavy (non-hydrogen) atoms. The zero-order valence-corrected chi connectivity index (χ0v) is 10.7. The predicted octanol–water partition coefficient (Wildman–Crippen LogP) is 3.26. The van der Waals surface area contributed by atoms with E-state index in [-0.39, 0.29) is 16.7 Å². The minimum Gasteiger partial charge on any atom is -0.390 e. The molecule has 1 N–H and O–H groups in total. The first-order chi connectivity index (χ1) is 7.31. The van der Waals surface area contributed by atoms with Crippen LogP contribution in [0.15, 0.2) is 0 Å². The maximum absolute atomic E-state index is 10.7. The zero-order valence-electron chi connectivity index (χ0n) is 10.7. The summed E-state index contributed by atoms with van der Waals surface area (Å²) in [6, 6.07) is 2.57. The van der Waals surface area contributed by atoms with Gasteiger partial charge in [-0.3, -0.25) is 0 Å². The molecule has 0 heterocycles. The van der Waals surface area contributed by atoms with E-state index in [0.29, 0.717) is 0 Å². The van der Waals surface area contributed by atoms with Crippen LogP contribution in [0.3, 0.4) is 0 Å². The van der Waals surface area contributed by atoms with Gasteiger partial charge < -0.3 is 5.11 Å². The molecule has 0 aromatic rings. The van der Waals surface area contributed by atoms with Crippen LogP contribution in [0.4, 0.5) is 0 Å². The van der Waals surface area contributed by atoms with Gasteiger partial charge in [-0.2, -0.15) is 5.26 Å². The highest BCUT2D eigenvalue weighted by atomic mass is 16.3. The first kappa shape index (κ1) is 11.9. The van der Waals surface area contributed by atoms with Crippen molar-refractivity contribution in [3.63, 3.8) is 0 Å². The molecule has 2 aliphatic rings. The van der Waals surface area contributed by atoms with Crippen LogP contribution in [0.5, 0.6) is 0 Å². The van der Waals surface area contributed by atoms with Gasteiger partial charge in [-0.15, -0.1) is 0 Å². The van der Waals surface area contributed by atoms with Gasteiger partial charge in [0.1, 0.15) is 0 Å². The van der Waals surface area contributed by atoms with Crippen molar-refractivity contribution in [1.29, 1.82) is 5.26 Å². The summed E-state index contributed by atoms with van der Waals surface area (Å²) in [6.07, 6.45) is 6.11. The SMILES string of the molecule is CC1(C)C[C@]2(C#N)CCCC[C@@H]2[C@](C)(O)C1. The van der Waals surface area contributed by atoms with E-state index in [4.69, 9.17) is 0 Å². The molecular formula is C14H23NO. The molecule has 0 aromatic carbocycles. The van der Waals surface area contributed by atoms with Gasteiger partial charge in [0.05, 0.1) is 17.1 Å². The smallest absolute Gasteiger partial charge is 0.0694 e. The molecular weight excluding hydrogens is 198 g/mol. The molecule has 2 heteroatoms. The number of hydrogen-bond donors (Lipinski definition) is 1. The lowest BCUT2D eigenvalue weighted by atomic mass is 9.49. The summed E-state index contributed by atoms with van der Waals surface area (Å²) >= 11 is 0. The van der Waals surface area contributed by atoms with Crippen molar-refractivity contribution in [2.24, 2.45) is 16.7 Å². The Labute approximate surface area is 98.7 Å². The standard InChI is InChI=1S/C14H23NO/c1-12(2)8-13(3,16)11-6-4-5-7-14(11,9-12)10-15/h11,16H,4-9H2,1-3H3/t11-,13-,14+/m1/s1. The fourth-order valence-corrected chi connectivity index (χ4v) is 4.54. The average molecular weight is 221 g/mol. The summed E-state index contributed by atoms with van der Waals surface area (Å²) in [4.78, 5) is 0. The van der Waals surface area contributed by atoms with Crippen molar-refractivity contribution in [2.45, 2.75) is 64.9 Å². The van der Waals surface area contributed by atoms with Crippen molar-refractivity contribution in [3.8, 4) is 6.07 Å². The van der Waals surface area contributed by atoms with Crippen molar-refractivity contribution < 1.29 is 5.11 Å². The quantitative estimate of drug-likeness (QED) is 0.682. The highest BCUT2D eigenvalue weighted by molar-refractivity contribution is 5.15. The molecule has 2 nitrogen and oxygen atoms in total. The molecule has 2 saturated carbocycles. The third-order valence-corrected chi connectivity index (χ3v) is 4.64. The lowest BCUT2D eigenvalue weighted by molar-refractivity contribution is -0.137. The fraction of sp³-hybridized carbons (Fsp3) is 0.929. The summed E-state index contributed by atoms with van der Waals surface area (Å²) in [5.41, 5.74) is -0.825. The number of fused-ring (bicyclic) bond motifs is 1. The van der Waals surface area contributed by atoms with Crippen LogP contribution in [0, 0.1) is 28.1 Å². The van der Waals surface area contributed by atoms with Crippen molar-refractivity contribution in [1.82, 2.24) is 0 Å². The van der Waals surface area contributed by atoms with E-state index < -0.39 is 5.60 Å². The lowest BCUT2D eigenvalue weighted by Crippen LogP contribution is -2.55. The Hall–Kier alpha value is -0.550. The third-order valence-electron chi connectivity index (χ3n) is 4.64. The van der Waals surface area contributed by atoms with Gasteiger partial charge in [0, 0.05) is 5.92 Å². The Bertz CT molecular complexity index is 326. The van der Waals surface area contributed by atoms with Gasteiger partial charge in [-0.1, -0.05) is 26.7 Å². The molecule has 0 amide bonds. The topological polar surface area (TPSA) is 44.0 Å². The van der Waals surface area contributed by atoms with Crippen LogP contribution in [0.1, 0.15) is 59.3 Å². The van der Waals surface area contributed by atoms with Crippen LogP contribution >= 0.6 is 0 Å². The van der Waals surface area contributed by atoms with Crippen molar-refractivity contribution >= 4 is 0 Å². The van der Waals surface area contributed by atoms with Gasteiger partial charge in [-0.05, 0) is 38.0 Å². The first-order valence-electron chi connectivity index (χ1n) is 6.45. The molecule has 0 saturated heterocycles. The minimum absolute atomic E-state index is 0.0903. The largest absolute Gasteiger partial charge is 0.390 e. The van der Waals surface area contributed by atoms with E-state index in [1.54, 1.807) is 0 Å². The Balaban J connectivity index is 2.40. The second-order valence-electron chi connectivity index (χ2n) is 6.94. The Morgan fingerprint density at radius 1 is 1.19 bits per heavy atom. The normalized spacial score (nSPS) is 46.8. The highest BCUT2D eigenvalue weighted by Gasteiger charge is 2.56. The molecule has 0 unspecified atom stereocenters. The van der Waals surface area contributed by atoms with E-state index in [1.165, 1.54) is 6.42 Å². The molecule has 90 valence electrons. The second kappa shape index (κ2) is 3.47. The van der Waals surface area contributed by atoms with E-state index in [1.807, 2.05) is 6.92 Å². The van der Waals surface area contributed by atoms with Crippen molar-refractivity contribution in [2.75, 3.05) is 0 Å². The van der Waals surface area contributed by atoms with Gasteiger partial charge in [0.25, 0.3) is 0 Å². The monoisotopic (exact) mass is 221 g/mol. The summed E-state index contributed by atoms with van der Waals surface area (Å²) in [6.45, 7) is 6.31. The second-order valence-corrected chi connectivity index (χ2v) is 6.94. The maximum Gasteiger partial charge on any atom is 0.0694 e. The zero-order chi connectivity index (χ0) is 12.0. The van der Waals surface area contributed by atoms with Crippen LogP contribution in [-0.4, -0.2) is 10.7 Å². The van der Waals surface area contributed by atoms with Crippen LogP contribution < -0.4 is 0 Å². The lowest BCUT2D eigenvalue weighted by Gasteiger charge is -2.55. The maximum atomic E-state index is 10.7. The minimum atomic E-state index is -0.655. The summed E-state index contributed by atoms with van der Waals surface area (Å²) < 4.78 is 0. The summed E-state index contributed by atoms with van der Waals surface area (Å²) in [5.74, 6) is 0.187. The number of nitrogens with zero attached hydrogens (tertiary/aromatic N) is 1. The highest BCUT2D eigenvalue weighted by Crippen LogP contribution is 2.59. The molecule has 0 spiro atoms. The number of aliphatic hydroxyl groups is 1. The average Bonchev–Trinajstić information content (AvgIpc) is 2.14. The van der Waals surface area contributed by atoms with E-state index in [9.17, 15) is 10.4 Å². The summed E-state index contributed by atoms with van der Waals surface area (Å²) in [5, 5.41) is 20.2. The van der Waals surface area contributed by atoms with E-state index in [0.717, 1.165) is 32.1 Å². The molecule has 3 atom stereocenters. The molecule has 2 rings (SSSR count). The first-order valence-corrected chi connectivity index (χ1v) is 6.45. The molecule has 0 bridgehead atoms. The predicted molar refractivity (Wildman–Crippen MR) is 63.6 cm³/mol. The van der Waals surface area contributed by atoms with E-state index >= 15 is 0 Å². The van der Waals surface area contributed by atoms with Crippen molar-refractivity contribution in [3.05, 3.63) is 0 Å². The number of nitriles is 1. The molecule has 2 aliphatic carbocycles. The van der Waals surface area contributed by atoms with Gasteiger partial charge in [0.15, 0.2) is 0 Å². The Kier molecular flexibility index (Phi) is 2.58. The fourth-order valence-electron chi connectivity index (χ4n) is 4.54. The van der Waals surface area contributed by atoms with Crippen LogP contribution in [-0.2, 0) is 0 Å². The van der Waals surface area contributed by atoms with Gasteiger partial charge in [-0.25, -0.2) is 0 Å². The number of rotatable bonds is 0. The summed E-state index contributed by atoms with van der Waals surface area (Å²) in [7, 11) is 0. The molecule has 0 aromatic heterocycles. The van der Waals surface area contributed by atoms with Crippen LogP contribution in [0.25, 0.3) is 0 Å². The Morgan fingerprint density at radius 3 is 2.50 bits per heavy atom. The number of hydrogen-bond acceptors (Lipinski definition) is 2. The van der Waals surface area contributed by atoms with Crippen LogP contribution in [0.2, 0.25) is 0 Å². The molecule has 0 radical (unpaired) electrons. The third kappa shape index (κ3) is 1.76. The van der Waals surface area contributed by atoms with E-state index in [2.05, 4.69) is 19.9 Å². The Morgan fingerprint density at radius 2 is 1.88 bits per heavy atom. The molecule has 2 fully saturated rings. The van der Waals surface area contributed by atoms with Gasteiger partial charge >= 0.3 is 0 Å².